The molecule has 2 aromatic rings. The van der Waals surface area contributed by atoms with E-state index in [4.69, 9.17) is 4.84 Å². The molecule has 0 aromatic carbocycles. The Kier molecular flexibility index (Phi) is 2.43. The largest absolute Gasteiger partial charge is 0.492 e. The molecule has 1 saturated carbocycles. The monoisotopic (exact) mass is 250 g/mol. The Labute approximate surface area is 101 Å². The zero-order valence-corrected chi connectivity index (χ0v) is 9.47. The molecule has 1 aliphatic carbocycles. The third-order valence-corrected chi connectivity index (χ3v) is 2.96. The molecule has 0 spiro atoms. The Hall–Kier alpha value is -2.11. The Morgan fingerprint density at radius 1 is 1.50 bits per heavy atom. The van der Waals surface area contributed by atoms with E-state index < -0.39 is 17.3 Å². The Morgan fingerprint density at radius 2 is 2.28 bits per heavy atom. The van der Waals surface area contributed by atoms with Crippen molar-refractivity contribution < 1.29 is 14.3 Å². The number of pyridine rings is 2. The zero-order chi connectivity index (χ0) is 12.7. The Bertz CT molecular complexity index is 664. The molecule has 2 aromatic heterocycles. The van der Waals surface area contributed by atoms with Gasteiger partial charge in [-0.2, -0.15) is 0 Å². The van der Waals surface area contributed by atoms with Crippen LogP contribution in [-0.2, 0) is 0 Å². The van der Waals surface area contributed by atoms with Gasteiger partial charge in [0.05, 0.1) is 11.6 Å². The van der Waals surface area contributed by atoms with Gasteiger partial charge in [-0.3, -0.25) is 9.78 Å². The van der Waals surface area contributed by atoms with Gasteiger partial charge in [0.15, 0.2) is 5.82 Å². The number of aromatic nitrogens is 2. The normalized spacial score (nSPS) is 14.9. The summed E-state index contributed by atoms with van der Waals surface area (Å²) in [7, 11) is 0. The fourth-order valence-electron chi connectivity index (χ4n) is 1.78. The molecular weight excluding hydrogens is 239 g/mol. The van der Waals surface area contributed by atoms with Crippen molar-refractivity contribution >= 4 is 10.8 Å². The second-order valence-electron chi connectivity index (χ2n) is 4.43. The van der Waals surface area contributed by atoms with Crippen molar-refractivity contribution in [2.45, 2.75) is 12.8 Å². The summed E-state index contributed by atoms with van der Waals surface area (Å²) in [5, 5.41) is 10.1. The van der Waals surface area contributed by atoms with Gasteiger partial charge < -0.3 is 9.94 Å². The summed E-state index contributed by atoms with van der Waals surface area (Å²) in [6.45, 7) is 0.353. The van der Waals surface area contributed by atoms with Crippen LogP contribution in [0.5, 0.6) is 5.88 Å². The molecule has 0 atom stereocenters. The summed E-state index contributed by atoms with van der Waals surface area (Å²) < 4.78 is 14.3. The Morgan fingerprint density at radius 3 is 3.00 bits per heavy atom. The average Bonchev–Trinajstić information content (AvgIpc) is 3.12. The molecule has 1 fully saturated rings. The third-order valence-electron chi connectivity index (χ3n) is 2.96. The number of nitrogens with zero attached hydrogens (tertiary/aromatic N) is 2. The van der Waals surface area contributed by atoms with Crippen molar-refractivity contribution in [1.29, 1.82) is 0 Å². The first kappa shape index (κ1) is 11.0. The molecule has 0 aliphatic heterocycles. The van der Waals surface area contributed by atoms with E-state index in [1.54, 1.807) is 0 Å². The molecule has 0 amide bonds. The number of fused-ring (bicyclic) bond motifs is 1. The van der Waals surface area contributed by atoms with Gasteiger partial charge in [0.25, 0.3) is 5.56 Å². The molecule has 0 bridgehead atoms. The van der Waals surface area contributed by atoms with E-state index in [0.29, 0.717) is 12.5 Å². The first-order valence-corrected chi connectivity index (χ1v) is 5.68. The first-order chi connectivity index (χ1) is 8.66. The first-order valence-electron chi connectivity index (χ1n) is 5.68. The second-order valence-corrected chi connectivity index (χ2v) is 4.43. The van der Waals surface area contributed by atoms with Crippen molar-refractivity contribution in [2.24, 2.45) is 5.92 Å². The molecule has 6 heteroatoms. The maximum Gasteiger partial charge on any atom is 0.287 e. The lowest BCUT2D eigenvalue weighted by Gasteiger charge is -2.11. The van der Waals surface area contributed by atoms with E-state index in [-0.39, 0.29) is 10.8 Å². The smallest absolute Gasteiger partial charge is 0.287 e. The number of hydrogen-bond donors (Lipinski definition) is 1. The van der Waals surface area contributed by atoms with Crippen LogP contribution in [0.15, 0.2) is 23.3 Å². The molecule has 0 radical (unpaired) electrons. The van der Waals surface area contributed by atoms with Crippen LogP contribution in [0.1, 0.15) is 12.8 Å². The molecule has 18 heavy (non-hydrogen) atoms. The molecule has 5 nitrogen and oxygen atoms in total. The highest BCUT2D eigenvalue weighted by molar-refractivity contribution is 5.86. The standard InChI is InChI=1S/C12H11FN2O3/c13-9-5-14-4-8-3-10(16)15(12(17)11(8)9)18-6-7-1-2-7/h3-5,7,17H,1-2,6H2. The molecule has 3 rings (SSSR count). The van der Waals surface area contributed by atoms with Crippen molar-refractivity contribution in [1.82, 2.24) is 9.71 Å². The summed E-state index contributed by atoms with van der Waals surface area (Å²) in [6, 6.07) is 1.19. The van der Waals surface area contributed by atoms with Crippen LogP contribution in [0.4, 0.5) is 4.39 Å². The van der Waals surface area contributed by atoms with Gasteiger partial charge in [-0.25, -0.2) is 4.39 Å². The molecule has 2 heterocycles. The molecule has 1 aliphatic rings. The van der Waals surface area contributed by atoms with E-state index in [0.717, 1.165) is 23.8 Å². The van der Waals surface area contributed by atoms with Gasteiger partial charge in [-0.1, -0.05) is 0 Å². The van der Waals surface area contributed by atoms with Crippen LogP contribution in [0, 0.1) is 11.7 Å². The molecule has 0 unspecified atom stereocenters. The second kappa shape index (κ2) is 3.97. The topological polar surface area (TPSA) is 64.3 Å². The molecule has 94 valence electrons. The van der Waals surface area contributed by atoms with Gasteiger partial charge in [0.1, 0.15) is 6.61 Å². The van der Waals surface area contributed by atoms with Gasteiger partial charge in [0.2, 0.25) is 5.88 Å². The number of aromatic hydroxyl groups is 1. The minimum absolute atomic E-state index is 0.0552. The van der Waals surface area contributed by atoms with Gasteiger partial charge >= 0.3 is 0 Å². The number of rotatable bonds is 3. The van der Waals surface area contributed by atoms with E-state index in [1.165, 1.54) is 12.3 Å². The molecular formula is C12H11FN2O3. The van der Waals surface area contributed by atoms with E-state index in [1.807, 2.05) is 0 Å². The highest BCUT2D eigenvalue weighted by Crippen LogP contribution is 2.29. The fraction of sp³-hybridized carbons (Fsp3) is 0.333. The number of hydrogen-bond acceptors (Lipinski definition) is 4. The van der Waals surface area contributed by atoms with Crippen LogP contribution >= 0.6 is 0 Å². The van der Waals surface area contributed by atoms with Crippen LogP contribution in [0.3, 0.4) is 0 Å². The zero-order valence-electron chi connectivity index (χ0n) is 9.47. The van der Waals surface area contributed by atoms with Gasteiger partial charge in [-0.15, -0.1) is 4.73 Å². The highest BCUT2D eigenvalue weighted by atomic mass is 19.1. The van der Waals surface area contributed by atoms with Crippen LogP contribution < -0.4 is 10.4 Å². The lowest BCUT2D eigenvalue weighted by Crippen LogP contribution is -2.27. The summed E-state index contributed by atoms with van der Waals surface area (Å²) in [5.41, 5.74) is -0.534. The summed E-state index contributed by atoms with van der Waals surface area (Å²) in [5.74, 6) is -0.777. The molecule has 0 saturated heterocycles. The highest BCUT2D eigenvalue weighted by Gasteiger charge is 2.23. The van der Waals surface area contributed by atoms with Crippen LogP contribution in [-0.4, -0.2) is 21.4 Å². The SMILES string of the molecule is O=c1cc2cncc(F)c2c(O)n1OCC1CC1. The minimum atomic E-state index is -0.686. The van der Waals surface area contributed by atoms with Crippen molar-refractivity contribution in [3.05, 3.63) is 34.6 Å². The minimum Gasteiger partial charge on any atom is -0.492 e. The summed E-state index contributed by atoms with van der Waals surface area (Å²) >= 11 is 0. The van der Waals surface area contributed by atoms with E-state index in [2.05, 4.69) is 4.98 Å². The Balaban J connectivity index is 2.12. The predicted octanol–water partition coefficient (Wildman–Crippen LogP) is 1.08. The van der Waals surface area contributed by atoms with Crippen LogP contribution in [0.25, 0.3) is 10.8 Å². The third kappa shape index (κ3) is 1.79. The maximum atomic E-state index is 13.6. The average molecular weight is 250 g/mol. The van der Waals surface area contributed by atoms with E-state index in [9.17, 15) is 14.3 Å². The fourth-order valence-corrected chi connectivity index (χ4v) is 1.78. The quantitative estimate of drug-likeness (QED) is 0.885. The van der Waals surface area contributed by atoms with Crippen molar-refractivity contribution in [3.8, 4) is 5.88 Å². The van der Waals surface area contributed by atoms with Crippen molar-refractivity contribution in [3.63, 3.8) is 0 Å². The van der Waals surface area contributed by atoms with Crippen molar-refractivity contribution in [2.75, 3.05) is 6.61 Å². The van der Waals surface area contributed by atoms with Crippen LogP contribution in [0.2, 0.25) is 0 Å². The number of halogens is 1. The summed E-state index contributed by atoms with van der Waals surface area (Å²) in [4.78, 5) is 20.6. The lowest BCUT2D eigenvalue weighted by molar-refractivity contribution is 0.0768. The molecule has 1 N–H and O–H groups in total. The lowest BCUT2D eigenvalue weighted by atomic mass is 10.2. The van der Waals surface area contributed by atoms with Gasteiger partial charge in [-0.05, 0) is 18.8 Å². The maximum absolute atomic E-state index is 13.6. The van der Waals surface area contributed by atoms with E-state index >= 15 is 0 Å². The predicted molar refractivity (Wildman–Crippen MR) is 61.8 cm³/mol. The van der Waals surface area contributed by atoms with Gasteiger partial charge in [0, 0.05) is 17.6 Å². The summed E-state index contributed by atoms with van der Waals surface area (Å²) in [6.07, 6.45) is 4.42.